The van der Waals surface area contributed by atoms with E-state index >= 15 is 0 Å². The summed E-state index contributed by atoms with van der Waals surface area (Å²) in [5.74, 6) is 1.52. The second kappa shape index (κ2) is 6.95. The minimum absolute atomic E-state index is 0.107. The maximum Gasteiger partial charge on any atom is 0.161 e. The van der Waals surface area contributed by atoms with Gasteiger partial charge in [0.1, 0.15) is 0 Å². The van der Waals surface area contributed by atoms with Crippen molar-refractivity contribution in [2.45, 2.75) is 50.8 Å². The Kier molecular flexibility index (Phi) is 5.26. The van der Waals surface area contributed by atoms with Crippen LogP contribution in [0.5, 0.6) is 11.5 Å². The molecule has 2 N–H and O–H groups in total. The van der Waals surface area contributed by atoms with Crippen LogP contribution >= 0.6 is 0 Å². The SMILES string of the molecule is COc1ccc(C(C)NC2CCC(O)CC2)cc1OC. The molecule has 0 aromatic heterocycles. The summed E-state index contributed by atoms with van der Waals surface area (Å²) < 4.78 is 10.6. The maximum absolute atomic E-state index is 9.55. The molecule has 0 radical (unpaired) electrons. The minimum Gasteiger partial charge on any atom is -0.493 e. The van der Waals surface area contributed by atoms with Crippen LogP contribution in [0.25, 0.3) is 0 Å². The highest BCUT2D eigenvalue weighted by Gasteiger charge is 2.21. The lowest BCUT2D eigenvalue weighted by atomic mass is 9.92. The first kappa shape index (κ1) is 15.1. The van der Waals surface area contributed by atoms with E-state index < -0.39 is 0 Å². The average Bonchev–Trinajstić information content (AvgIpc) is 2.48. The number of rotatable bonds is 5. The van der Waals surface area contributed by atoms with E-state index in [1.54, 1.807) is 14.2 Å². The summed E-state index contributed by atoms with van der Waals surface area (Å²) in [5, 5.41) is 13.2. The second-order valence-corrected chi connectivity index (χ2v) is 5.51. The lowest BCUT2D eigenvalue weighted by molar-refractivity contribution is 0.114. The molecule has 112 valence electrons. The fourth-order valence-corrected chi connectivity index (χ4v) is 2.81. The summed E-state index contributed by atoms with van der Waals surface area (Å²) in [5.41, 5.74) is 1.19. The number of hydrogen-bond acceptors (Lipinski definition) is 4. The first-order valence-electron chi connectivity index (χ1n) is 7.30. The Morgan fingerprint density at radius 2 is 1.75 bits per heavy atom. The van der Waals surface area contributed by atoms with E-state index in [2.05, 4.69) is 18.3 Å². The van der Waals surface area contributed by atoms with Crippen LogP contribution < -0.4 is 14.8 Å². The van der Waals surface area contributed by atoms with Crippen molar-refractivity contribution in [3.05, 3.63) is 23.8 Å². The Hall–Kier alpha value is -1.26. The molecule has 1 aliphatic carbocycles. The van der Waals surface area contributed by atoms with Crippen LogP contribution in [0.1, 0.15) is 44.2 Å². The van der Waals surface area contributed by atoms with Gasteiger partial charge < -0.3 is 19.9 Å². The molecular formula is C16H25NO3. The summed E-state index contributed by atoms with van der Waals surface area (Å²) in [6.45, 7) is 2.16. The summed E-state index contributed by atoms with van der Waals surface area (Å²) in [6.07, 6.45) is 3.77. The molecule has 1 atom stereocenters. The predicted molar refractivity (Wildman–Crippen MR) is 79.4 cm³/mol. The second-order valence-electron chi connectivity index (χ2n) is 5.51. The van der Waals surface area contributed by atoms with Crippen LogP contribution in [0.3, 0.4) is 0 Å². The van der Waals surface area contributed by atoms with Gasteiger partial charge in [-0.05, 0) is 50.3 Å². The normalized spacial score (nSPS) is 24.2. The van der Waals surface area contributed by atoms with E-state index in [9.17, 15) is 5.11 Å². The topological polar surface area (TPSA) is 50.7 Å². The van der Waals surface area contributed by atoms with E-state index in [-0.39, 0.29) is 12.1 Å². The number of aliphatic hydroxyl groups excluding tert-OH is 1. The molecule has 4 nitrogen and oxygen atoms in total. The monoisotopic (exact) mass is 279 g/mol. The van der Waals surface area contributed by atoms with Crippen molar-refractivity contribution in [1.82, 2.24) is 5.32 Å². The van der Waals surface area contributed by atoms with Gasteiger partial charge in [0.2, 0.25) is 0 Å². The van der Waals surface area contributed by atoms with Crippen molar-refractivity contribution in [3.8, 4) is 11.5 Å². The van der Waals surface area contributed by atoms with Crippen molar-refractivity contribution in [2.75, 3.05) is 14.2 Å². The molecule has 0 aliphatic heterocycles. The molecule has 1 unspecified atom stereocenters. The van der Waals surface area contributed by atoms with Gasteiger partial charge >= 0.3 is 0 Å². The van der Waals surface area contributed by atoms with E-state index in [0.29, 0.717) is 6.04 Å². The van der Waals surface area contributed by atoms with Gasteiger partial charge in [0.25, 0.3) is 0 Å². The Labute approximate surface area is 121 Å². The molecule has 1 aliphatic rings. The van der Waals surface area contributed by atoms with Crippen molar-refractivity contribution in [3.63, 3.8) is 0 Å². The van der Waals surface area contributed by atoms with Crippen LogP contribution in [0, 0.1) is 0 Å². The van der Waals surface area contributed by atoms with Crippen LogP contribution in [0.4, 0.5) is 0 Å². The smallest absolute Gasteiger partial charge is 0.161 e. The van der Waals surface area contributed by atoms with E-state index in [1.165, 1.54) is 5.56 Å². The van der Waals surface area contributed by atoms with Gasteiger partial charge in [0.05, 0.1) is 20.3 Å². The first-order valence-corrected chi connectivity index (χ1v) is 7.30. The Balaban J connectivity index is 2.00. The molecular weight excluding hydrogens is 254 g/mol. The molecule has 20 heavy (non-hydrogen) atoms. The van der Waals surface area contributed by atoms with Gasteiger partial charge in [-0.2, -0.15) is 0 Å². The average molecular weight is 279 g/mol. The van der Waals surface area contributed by atoms with E-state index in [0.717, 1.165) is 37.2 Å². The van der Waals surface area contributed by atoms with Crippen molar-refractivity contribution in [1.29, 1.82) is 0 Å². The quantitative estimate of drug-likeness (QED) is 0.870. The van der Waals surface area contributed by atoms with Gasteiger partial charge in [-0.15, -0.1) is 0 Å². The summed E-state index contributed by atoms with van der Waals surface area (Å²) in [7, 11) is 3.30. The third-order valence-electron chi connectivity index (χ3n) is 4.09. The number of methoxy groups -OCH3 is 2. The zero-order valence-corrected chi connectivity index (χ0v) is 12.6. The Morgan fingerprint density at radius 1 is 1.10 bits per heavy atom. The number of hydrogen-bond donors (Lipinski definition) is 2. The number of ether oxygens (including phenoxy) is 2. The standard InChI is InChI=1S/C16H25NO3/c1-11(17-13-5-7-14(18)8-6-13)12-4-9-15(19-2)16(10-12)20-3/h4,9-11,13-14,17-18H,5-8H2,1-3H3. The maximum atomic E-state index is 9.55. The van der Waals surface area contributed by atoms with Crippen molar-refractivity contribution >= 4 is 0 Å². The molecule has 1 aromatic rings. The lowest BCUT2D eigenvalue weighted by Gasteiger charge is -2.29. The summed E-state index contributed by atoms with van der Waals surface area (Å²) >= 11 is 0. The zero-order valence-electron chi connectivity index (χ0n) is 12.6. The van der Waals surface area contributed by atoms with Gasteiger partial charge in [-0.25, -0.2) is 0 Å². The zero-order chi connectivity index (χ0) is 14.5. The minimum atomic E-state index is -0.107. The lowest BCUT2D eigenvalue weighted by Crippen LogP contribution is -2.36. The summed E-state index contributed by atoms with van der Waals surface area (Å²) in [6, 6.07) is 6.78. The fraction of sp³-hybridized carbons (Fsp3) is 0.625. The highest BCUT2D eigenvalue weighted by atomic mass is 16.5. The molecule has 1 fully saturated rings. The van der Waals surface area contributed by atoms with Crippen LogP contribution in [-0.2, 0) is 0 Å². The Bertz CT molecular complexity index is 428. The molecule has 0 amide bonds. The summed E-state index contributed by atoms with van der Waals surface area (Å²) in [4.78, 5) is 0. The predicted octanol–water partition coefficient (Wildman–Crippen LogP) is 2.66. The molecule has 0 saturated heterocycles. The van der Waals surface area contributed by atoms with Gasteiger partial charge in [-0.3, -0.25) is 0 Å². The van der Waals surface area contributed by atoms with Gasteiger partial charge in [0.15, 0.2) is 11.5 Å². The highest BCUT2D eigenvalue weighted by Crippen LogP contribution is 2.30. The number of aliphatic hydroxyl groups is 1. The third-order valence-corrected chi connectivity index (χ3v) is 4.09. The third kappa shape index (κ3) is 3.64. The van der Waals surface area contributed by atoms with Crippen LogP contribution in [0.2, 0.25) is 0 Å². The van der Waals surface area contributed by atoms with E-state index in [4.69, 9.17) is 9.47 Å². The molecule has 1 saturated carbocycles. The molecule has 0 heterocycles. The molecule has 1 aromatic carbocycles. The van der Waals surface area contributed by atoms with Crippen molar-refractivity contribution in [2.24, 2.45) is 0 Å². The molecule has 2 rings (SSSR count). The van der Waals surface area contributed by atoms with Crippen LogP contribution in [-0.4, -0.2) is 31.5 Å². The Morgan fingerprint density at radius 3 is 2.35 bits per heavy atom. The number of benzene rings is 1. The van der Waals surface area contributed by atoms with Gasteiger partial charge in [0, 0.05) is 12.1 Å². The molecule has 4 heteroatoms. The first-order chi connectivity index (χ1) is 9.63. The van der Waals surface area contributed by atoms with Gasteiger partial charge in [-0.1, -0.05) is 6.07 Å². The largest absolute Gasteiger partial charge is 0.493 e. The molecule has 0 spiro atoms. The van der Waals surface area contributed by atoms with Crippen LogP contribution in [0.15, 0.2) is 18.2 Å². The van der Waals surface area contributed by atoms with E-state index in [1.807, 2.05) is 12.1 Å². The van der Waals surface area contributed by atoms with Crippen molar-refractivity contribution < 1.29 is 14.6 Å². The molecule has 0 bridgehead atoms. The number of nitrogens with one attached hydrogen (secondary N) is 1. The fourth-order valence-electron chi connectivity index (χ4n) is 2.81. The highest BCUT2D eigenvalue weighted by molar-refractivity contribution is 5.43.